The molecule has 0 spiro atoms. The molecule has 0 radical (unpaired) electrons. The van der Waals surface area contributed by atoms with Crippen molar-refractivity contribution in [1.82, 2.24) is 4.98 Å². The van der Waals surface area contributed by atoms with Crippen LogP contribution < -0.4 is 16.0 Å². The Kier molecular flexibility index (Phi) is 7.55. The van der Waals surface area contributed by atoms with E-state index in [1.165, 1.54) is 30.5 Å². The minimum atomic E-state index is -0.990. The van der Waals surface area contributed by atoms with Gasteiger partial charge in [0.1, 0.15) is 11.5 Å². The number of carbonyl (C=O) groups excluding carboxylic acids is 3. The Balaban J connectivity index is 1.98. The molecular formula is C27H23N5O5S. The fourth-order valence-corrected chi connectivity index (χ4v) is 4.85. The van der Waals surface area contributed by atoms with E-state index < -0.39 is 23.8 Å². The van der Waals surface area contributed by atoms with E-state index in [-0.39, 0.29) is 28.2 Å². The number of hydrogen-bond acceptors (Lipinski definition) is 10. The average Bonchev–Trinajstić information content (AvgIpc) is 3.45. The number of nitrogens with two attached hydrogens (primary N) is 1. The smallest absolute Gasteiger partial charge is 0.355 e. The van der Waals surface area contributed by atoms with Crippen LogP contribution in [0, 0.1) is 18.3 Å². The van der Waals surface area contributed by atoms with Gasteiger partial charge in [0.2, 0.25) is 0 Å². The van der Waals surface area contributed by atoms with Crippen molar-refractivity contribution in [2.75, 3.05) is 24.4 Å². The predicted molar refractivity (Wildman–Crippen MR) is 141 cm³/mol. The van der Waals surface area contributed by atoms with Gasteiger partial charge in [0.15, 0.2) is 5.13 Å². The number of thiazole rings is 1. The molecule has 3 aromatic rings. The standard InChI is InChI=1S/C27H23N5O5S/c1-15-17(24(33)31-27-30-12-13-38-27)10-7-11-19(15)32-22(26(35)37-3)21(25(34)36-2)20(18(14-28)23(32)29)16-8-5-4-6-9-16/h4-13,20H,29H2,1-3H3,(H,30,31,33). The van der Waals surface area contributed by atoms with Gasteiger partial charge in [-0.15, -0.1) is 11.3 Å². The second-order valence-electron chi connectivity index (χ2n) is 8.08. The van der Waals surface area contributed by atoms with Crippen molar-refractivity contribution in [2.45, 2.75) is 12.8 Å². The number of rotatable bonds is 6. The van der Waals surface area contributed by atoms with E-state index in [2.05, 4.69) is 16.4 Å². The second kappa shape index (κ2) is 11.0. The third-order valence-electron chi connectivity index (χ3n) is 6.05. The molecule has 10 nitrogen and oxygen atoms in total. The molecular weight excluding hydrogens is 506 g/mol. The number of nitrogens with one attached hydrogen (secondary N) is 1. The number of carbonyl (C=O) groups is 3. The molecule has 11 heteroatoms. The topological polar surface area (TPSA) is 148 Å². The van der Waals surface area contributed by atoms with Crippen LogP contribution in [0.15, 0.2) is 82.8 Å². The Hall–Kier alpha value is -4.95. The summed E-state index contributed by atoms with van der Waals surface area (Å²) in [6.07, 6.45) is 1.57. The summed E-state index contributed by atoms with van der Waals surface area (Å²) < 4.78 is 10.1. The molecule has 0 saturated carbocycles. The number of nitrogens with zero attached hydrogens (tertiary/aromatic N) is 3. The summed E-state index contributed by atoms with van der Waals surface area (Å²) in [6, 6.07) is 15.7. The summed E-state index contributed by atoms with van der Waals surface area (Å²) in [7, 11) is 2.35. The highest BCUT2D eigenvalue weighted by molar-refractivity contribution is 7.13. The minimum absolute atomic E-state index is 0.0290. The Bertz CT molecular complexity index is 1510. The highest BCUT2D eigenvalue weighted by atomic mass is 32.1. The van der Waals surface area contributed by atoms with Crippen LogP contribution in [0.2, 0.25) is 0 Å². The van der Waals surface area contributed by atoms with E-state index >= 15 is 0 Å². The number of methoxy groups -OCH3 is 2. The lowest BCUT2D eigenvalue weighted by atomic mass is 9.80. The van der Waals surface area contributed by atoms with Gasteiger partial charge >= 0.3 is 11.9 Å². The van der Waals surface area contributed by atoms with E-state index in [1.807, 2.05) is 0 Å². The number of ether oxygens (including phenoxy) is 2. The molecule has 2 aromatic carbocycles. The lowest BCUT2D eigenvalue weighted by molar-refractivity contribution is -0.139. The van der Waals surface area contributed by atoms with Gasteiger partial charge in [-0.2, -0.15) is 5.26 Å². The predicted octanol–water partition coefficient (Wildman–Crippen LogP) is 3.60. The number of amides is 1. The summed E-state index contributed by atoms with van der Waals surface area (Å²) in [5.41, 5.74) is 7.83. The molecule has 1 amide bonds. The first-order valence-corrected chi connectivity index (χ1v) is 12.2. The van der Waals surface area contributed by atoms with Crippen molar-refractivity contribution in [2.24, 2.45) is 5.73 Å². The Morgan fingerprint density at radius 1 is 1.08 bits per heavy atom. The third kappa shape index (κ3) is 4.60. The molecule has 38 heavy (non-hydrogen) atoms. The first kappa shape index (κ1) is 26.1. The number of aromatic nitrogens is 1. The molecule has 4 rings (SSSR count). The molecule has 1 aromatic heterocycles. The van der Waals surface area contributed by atoms with E-state index in [4.69, 9.17) is 15.2 Å². The molecule has 1 aliphatic rings. The molecule has 1 aliphatic heterocycles. The number of benzene rings is 2. The summed E-state index contributed by atoms with van der Waals surface area (Å²) in [4.78, 5) is 44.9. The van der Waals surface area contributed by atoms with Crippen molar-refractivity contribution < 1.29 is 23.9 Å². The lowest BCUT2D eigenvalue weighted by Gasteiger charge is -2.36. The summed E-state index contributed by atoms with van der Waals surface area (Å²) in [5.74, 6) is -3.22. The summed E-state index contributed by atoms with van der Waals surface area (Å²) in [5, 5.41) is 15.1. The largest absolute Gasteiger partial charge is 0.466 e. The Labute approximate surface area is 222 Å². The lowest BCUT2D eigenvalue weighted by Crippen LogP contribution is -2.41. The normalized spacial score (nSPS) is 15.1. The number of allylic oxidation sites excluding steroid dienone is 1. The maximum absolute atomic E-state index is 13.3. The monoisotopic (exact) mass is 529 g/mol. The van der Waals surface area contributed by atoms with Crippen molar-refractivity contribution in [3.05, 3.63) is 99.5 Å². The Morgan fingerprint density at radius 3 is 2.39 bits per heavy atom. The van der Waals surface area contributed by atoms with Gasteiger partial charge in [-0.3, -0.25) is 15.0 Å². The zero-order valence-electron chi connectivity index (χ0n) is 20.7. The van der Waals surface area contributed by atoms with Crippen LogP contribution in [0.3, 0.4) is 0 Å². The minimum Gasteiger partial charge on any atom is -0.466 e. The van der Waals surface area contributed by atoms with E-state index in [1.54, 1.807) is 67.0 Å². The maximum atomic E-state index is 13.3. The maximum Gasteiger partial charge on any atom is 0.355 e. The van der Waals surface area contributed by atoms with Crippen LogP contribution in [0.1, 0.15) is 27.4 Å². The number of anilines is 2. The van der Waals surface area contributed by atoms with Crippen molar-refractivity contribution >= 4 is 40.0 Å². The van der Waals surface area contributed by atoms with Gasteiger partial charge in [0, 0.05) is 17.1 Å². The first-order valence-electron chi connectivity index (χ1n) is 11.3. The van der Waals surface area contributed by atoms with Crippen LogP contribution >= 0.6 is 11.3 Å². The van der Waals surface area contributed by atoms with Gasteiger partial charge in [-0.05, 0) is 30.2 Å². The second-order valence-corrected chi connectivity index (χ2v) is 8.97. The van der Waals surface area contributed by atoms with Gasteiger partial charge in [-0.25, -0.2) is 14.6 Å². The third-order valence-corrected chi connectivity index (χ3v) is 6.74. The van der Waals surface area contributed by atoms with Crippen molar-refractivity contribution in [3.63, 3.8) is 0 Å². The van der Waals surface area contributed by atoms with Crippen LogP contribution in [-0.2, 0) is 19.1 Å². The number of esters is 2. The van der Waals surface area contributed by atoms with Crippen LogP contribution in [0.5, 0.6) is 0 Å². The van der Waals surface area contributed by atoms with E-state index in [0.29, 0.717) is 21.9 Å². The molecule has 192 valence electrons. The molecule has 0 aliphatic carbocycles. The quantitative estimate of drug-likeness (QED) is 0.457. The molecule has 0 saturated heterocycles. The van der Waals surface area contributed by atoms with Gasteiger partial charge in [0.25, 0.3) is 5.91 Å². The highest BCUT2D eigenvalue weighted by Crippen LogP contribution is 2.44. The zero-order chi connectivity index (χ0) is 27.4. The van der Waals surface area contributed by atoms with Crippen molar-refractivity contribution in [3.8, 4) is 6.07 Å². The van der Waals surface area contributed by atoms with Crippen LogP contribution in [-0.4, -0.2) is 37.0 Å². The van der Waals surface area contributed by atoms with Gasteiger partial charge < -0.3 is 15.2 Å². The number of nitriles is 1. The highest BCUT2D eigenvalue weighted by Gasteiger charge is 2.43. The first-order chi connectivity index (χ1) is 18.3. The molecule has 1 atom stereocenters. The summed E-state index contributed by atoms with van der Waals surface area (Å²) >= 11 is 1.26. The number of hydrogen-bond donors (Lipinski definition) is 2. The zero-order valence-corrected chi connectivity index (χ0v) is 21.5. The average molecular weight is 530 g/mol. The van der Waals surface area contributed by atoms with E-state index in [0.717, 1.165) is 0 Å². The molecule has 2 heterocycles. The van der Waals surface area contributed by atoms with E-state index in [9.17, 15) is 19.6 Å². The van der Waals surface area contributed by atoms with Crippen LogP contribution in [0.4, 0.5) is 10.8 Å². The fraction of sp³-hybridized carbons (Fsp3) is 0.148. The van der Waals surface area contributed by atoms with Gasteiger partial charge in [0.05, 0.1) is 43.0 Å². The summed E-state index contributed by atoms with van der Waals surface area (Å²) in [6.45, 7) is 1.67. The SMILES string of the molecule is COC(=O)C1=C(C(=O)OC)N(c2cccc(C(=O)Nc3nccs3)c2C)C(N)=C(C#N)C1c1ccccc1. The molecule has 0 fully saturated rings. The Morgan fingerprint density at radius 2 is 1.79 bits per heavy atom. The van der Waals surface area contributed by atoms with Gasteiger partial charge in [-0.1, -0.05) is 36.4 Å². The molecule has 1 unspecified atom stereocenters. The van der Waals surface area contributed by atoms with Crippen molar-refractivity contribution in [1.29, 1.82) is 5.26 Å². The molecule has 0 bridgehead atoms. The fourth-order valence-electron chi connectivity index (χ4n) is 4.32. The van der Waals surface area contributed by atoms with Crippen LogP contribution in [0.25, 0.3) is 0 Å². The molecule has 3 N–H and O–H groups in total.